The summed E-state index contributed by atoms with van der Waals surface area (Å²) in [6.07, 6.45) is 10.2. The number of hydrogen-bond acceptors (Lipinski definition) is 2. The Morgan fingerprint density at radius 3 is 2.70 bits per heavy atom. The van der Waals surface area contributed by atoms with Gasteiger partial charge in [-0.25, -0.2) is 0 Å². The molecule has 1 aromatic rings. The summed E-state index contributed by atoms with van der Waals surface area (Å²) in [6, 6.07) is 2.38. The Morgan fingerprint density at radius 2 is 2.10 bits per heavy atom. The molecule has 0 spiro atoms. The van der Waals surface area contributed by atoms with Gasteiger partial charge in [0, 0.05) is 13.1 Å². The van der Waals surface area contributed by atoms with Gasteiger partial charge in [0.25, 0.3) is 0 Å². The predicted octanol–water partition coefficient (Wildman–Crippen LogP) is 3.77. The Labute approximate surface area is 120 Å². The van der Waals surface area contributed by atoms with Crippen molar-refractivity contribution >= 4 is 11.4 Å². The van der Waals surface area contributed by atoms with Gasteiger partial charge in [-0.1, -0.05) is 25.2 Å². The van der Waals surface area contributed by atoms with Crippen molar-refractivity contribution in [3.63, 3.8) is 0 Å². The minimum absolute atomic E-state index is 0.613. The largest absolute Gasteiger partial charge is 0.357 e. The summed E-state index contributed by atoms with van der Waals surface area (Å²) in [6.45, 7) is 6.39. The molecule has 3 heteroatoms. The van der Waals surface area contributed by atoms with Crippen molar-refractivity contribution in [2.45, 2.75) is 33.1 Å². The molecule has 3 nitrogen and oxygen atoms in total. The number of hydrogen-bond donors (Lipinski definition) is 1. The first kappa shape index (κ1) is 13.1. The van der Waals surface area contributed by atoms with Gasteiger partial charge < -0.3 is 9.88 Å². The second-order valence-electron chi connectivity index (χ2n) is 5.89. The maximum Gasteiger partial charge on any atom is 0.124 e. The van der Waals surface area contributed by atoms with Gasteiger partial charge in [0.2, 0.25) is 0 Å². The van der Waals surface area contributed by atoms with Crippen molar-refractivity contribution in [1.29, 1.82) is 5.26 Å². The van der Waals surface area contributed by atoms with Crippen molar-refractivity contribution in [1.82, 2.24) is 4.98 Å². The van der Waals surface area contributed by atoms with E-state index in [1.54, 1.807) is 0 Å². The molecule has 1 unspecified atom stereocenters. The zero-order valence-corrected chi connectivity index (χ0v) is 12.2. The average Bonchev–Trinajstić information content (AvgIpc) is 3.07. The monoisotopic (exact) mass is 267 g/mol. The van der Waals surface area contributed by atoms with Crippen LogP contribution in [0.15, 0.2) is 18.2 Å². The molecule has 1 saturated heterocycles. The number of anilines is 1. The van der Waals surface area contributed by atoms with Crippen molar-refractivity contribution in [2.75, 3.05) is 18.0 Å². The highest BCUT2D eigenvalue weighted by atomic mass is 15.2. The van der Waals surface area contributed by atoms with Gasteiger partial charge in [0.05, 0.1) is 11.3 Å². The highest BCUT2D eigenvalue weighted by Gasteiger charge is 2.22. The number of nitrogens with one attached hydrogen (secondary N) is 1. The van der Waals surface area contributed by atoms with Gasteiger partial charge in [-0.05, 0) is 43.2 Å². The number of allylic oxidation sites excluding steroid dienone is 4. The zero-order chi connectivity index (χ0) is 14.1. The minimum atomic E-state index is 0.613. The first-order valence-corrected chi connectivity index (χ1v) is 7.47. The van der Waals surface area contributed by atoms with Gasteiger partial charge in [-0.15, -0.1) is 0 Å². The van der Waals surface area contributed by atoms with Crippen molar-refractivity contribution in [2.24, 2.45) is 5.92 Å². The van der Waals surface area contributed by atoms with Gasteiger partial charge in [-0.2, -0.15) is 5.26 Å². The van der Waals surface area contributed by atoms with E-state index in [4.69, 9.17) is 0 Å². The van der Waals surface area contributed by atoms with E-state index in [9.17, 15) is 5.26 Å². The summed E-state index contributed by atoms with van der Waals surface area (Å²) >= 11 is 0. The van der Waals surface area contributed by atoms with E-state index < -0.39 is 0 Å². The van der Waals surface area contributed by atoms with Gasteiger partial charge in [0.1, 0.15) is 11.9 Å². The molecule has 1 atom stereocenters. The van der Waals surface area contributed by atoms with Crippen LogP contribution in [0.25, 0.3) is 5.57 Å². The number of nitriles is 1. The summed E-state index contributed by atoms with van der Waals surface area (Å²) in [7, 11) is 0. The fourth-order valence-corrected chi connectivity index (χ4v) is 3.09. The van der Waals surface area contributed by atoms with Crippen molar-refractivity contribution in [3.05, 3.63) is 35.0 Å². The van der Waals surface area contributed by atoms with Crippen LogP contribution in [0.5, 0.6) is 0 Å². The minimum Gasteiger partial charge on any atom is -0.357 e. The van der Waals surface area contributed by atoms with Crippen LogP contribution >= 0.6 is 0 Å². The SMILES string of the molecule is Cc1c(C2=CCC(C)C=C2)[nH]c(N2CCCC2)c1C#N. The van der Waals surface area contributed by atoms with Crippen molar-refractivity contribution < 1.29 is 0 Å². The van der Waals surface area contributed by atoms with Crippen molar-refractivity contribution in [3.8, 4) is 6.07 Å². The maximum atomic E-state index is 9.48. The Hall–Kier alpha value is -1.95. The third-order valence-corrected chi connectivity index (χ3v) is 4.37. The zero-order valence-electron chi connectivity index (χ0n) is 12.2. The second kappa shape index (κ2) is 5.20. The second-order valence-corrected chi connectivity index (χ2v) is 5.89. The summed E-state index contributed by atoms with van der Waals surface area (Å²) in [5.41, 5.74) is 4.24. The van der Waals surface area contributed by atoms with Gasteiger partial charge in [-0.3, -0.25) is 0 Å². The first-order valence-electron chi connectivity index (χ1n) is 7.47. The lowest BCUT2D eigenvalue weighted by atomic mass is 9.95. The summed E-state index contributed by atoms with van der Waals surface area (Å²) in [4.78, 5) is 5.82. The quantitative estimate of drug-likeness (QED) is 0.886. The fourth-order valence-electron chi connectivity index (χ4n) is 3.09. The van der Waals surface area contributed by atoms with Crippen LogP contribution in [-0.2, 0) is 0 Å². The van der Waals surface area contributed by atoms with Crippen LogP contribution in [-0.4, -0.2) is 18.1 Å². The molecule has 1 fully saturated rings. The van der Waals surface area contributed by atoms with E-state index >= 15 is 0 Å². The van der Waals surface area contributed by atoms with E-state index in [-0.39, 0.29) is 0 Å². The summed E-state index contributed by atoms with van der Waals surface area (Å²) in [5, 5.41) is 9.48. The Bertz CT molecular complexity index is 607. The predicted molar refractivity (Wildman–Crippen MR) is 82.6 cm³/mol. The highest BCUT2D eigenvalue weighted by molar-refractivity contribution is 5.79. The molecular formula is C17H21N3. The number of nitrogens with zero attached hydrogens (tertiary/aromatic N) is 2. The molecule has 0 amide bonds. The maximum absolute atomic E-state index is 9.48. The summed E-state index contributed by atoms with van der Waals surface area (Å²) in [5.74, 6) is 1.63. The molecule has 1 N–H and O–H groups in total. The lowest BCUT2D eigenvalue weighted by Crippen LogP contribution is -2.19. The molecule has 0 saturated carbocycles. The van der Waals surface area contributed by atoms with Crippen LogP contribution in [0.3, 0.4) is 0 Å². The molecular weight excluding hydrogens is 246 g/mol. The smallest absolute Gasteiger partial charge is 0.124 e. The Balaban J connectivity index is 2.01. The number of rotatable bonds is 2. The van der Waals surface area contributed by atoms with E-state index in [1.807, 2.05) is 0 Å². The van der Waals surface area contributed by atoms with Crippen LogP contribution in [0, 0.1) is 24.2 Å². The number of aromatic nitrogens is 1. The molecule has 2 aliphatic rings. The van der Waals surface area contributed by atoms with E-state index in [0.717, 1.165) is 42.1 Å². The molecule has 20 heavy (non-hydrogen) atoms. The molecule has 1 aromatic heterocycles. The average molecular weight is 267 g/mol. The molecule has 0 radical (unpaired) electrons. The summed E-state index contributed by atoms with van der Waals surface area (Å²) < 4.78 is 0. The third kappa shape index (κ3) is 2.16. The highest BCUT2D eigenvalue weighted by Crippen LogP contribution is 2.33. The topological polar surface area (TPSA) is 42.8 Å². The lowest BCUT2D eigenvalue weighted by molar-refractivity contribution is 0.738. The first-order chi connectivity index (χ1) is 9.70. The molecule has 0 aromatic carbocycles. The number of H-pyrrole nitrogens is 1. The Kier molecular flexibility index (Phi) is 3.40. The molecule has 2 heterocycles. The van der Waals surface area contributed by atoms with E-state index in [0.29, 0.717) is 5.92 Å². The van der Waals surface area contributed by atoms with Crippen LogP contribution in [0.2, 0.25) is 0 Å². The normalized spacial score (nSPS) is 21.9. The Morgan fingerprint density at radius 1 is 1.35 bits per heavy atom. The molecule has 3 rings (SSSR count). The van der Waals surface area contributed by atoms with Crippen LogP contribution in [0.4, 0.5) is 5.82 Å². The lowest BCUT2D eigenvalue weighted by Gasteiger charge is -2.16. The molecule has 1 aliphatic heterocycles. The van der Waals surface area contributed by atoms with E-state index in [1.165, 1.54) is 18.4 Å². The third-order valence-electron chi connectivity index (χ3n) is 4.37. The number of aromatic amines is 1. The van der Waals surface area contributed by atoms with Crippen LogP contribution in [0.1, 0.15) is 43.0 Å². The van der Waals surface area contributed by atoms with E-state index in [2.05, 4.69) is 48.0 Å². The standard InChI is InChI=1S/C17H21N3/c1-12-5-7-14(8-6-12)16-13(2)15(11-18)17(19-16)20-9-3-4-10-20/h5,7-8,12,19H,3-4,6,9-10H2,1-2H3. The van der Waals surface area contributed by atoms with Gasteiger partial charge in [0.15, 0.2) is 0 Å². The fraction of sp³-hybridized carbons (Fsp3) is 0.471. The molecule has 104 valence electrons. The van der Waals surface area contributed by atoms with Crippen LogP contribution < -0.4 is 4.90 Å². The molecule has 0 bridgehead atoms. The molecule has 1 aliphatic carbocycles. The van der Waals surface area contributed by atoms with Gasteiger partial charge >= 0.3 is 0 Å².